The summed E-state index contributed by atoms with van der Waals surface area (Å²) in [7, 11) is 2.72. The molecule has 0 heterocycles. The Bertz CT molecular complexity index is 720. The molecule has 0 saturated carbocycles. The molecule has 0 atom stereocenters. The monoisotopic (exact) mass is 334 g/mol. The number of rotatable bonds is 4. The van der Waals surface area contributed by atoms with Crippen LogP contribution < -0.4 is 15.4 Å². The van der Waals surface area contributed by atoms with Crippen molar-refractivity contribution < 1.29 is 18.7 Å². The molecule has 0 fully saturated rings. The number of halogens is 1. The van der Waals surface area contributed by atoms with E-state index in [1.54, 1.807) is 30.3 Å². The Morgan fingerprint density at radius 2 is 1.65 bits per heavy atom. The van der Waals surface area contributed by atoms with Gasteiger partial charge in [-0.3, -0.25) is 0 Å². The highest BCUT2D eigenvalue weighted by atomic mass is 32.1. The minimum atomic E-state index is -0.484. The molecule has 2 rings (SSSR count). The van der Waals surface area contributed by atoms with Gasteiger partial charge in [0.25, 0.3) is 0 Å². The van der Waals surface area contributed by atoms with E-state index in [4.69, 9.17) is 17.0 Å². The van der Waals surface area contributed by atoms with E-state index in [0.29, 0.717) is 22.1 Å². The van der Waals surface area contributed by atoms with Crippen molar-refractivity contribution in [3.05, 3.63) is 53.8 Å². The first-order valence-corrected chi connectivity index (χ1v) is 7.04. The number of esters is 1. The van der Waals surface area contributed by atoms with Crippen LogP contribution in [0, 0.1) is 5.82 Å². The van der Waals surface area contributed by atoms with E-state index in [9.17, 15) is 9.18 Å². The molecule has 120 valence electrons. The molecule has 2 aromatic rings. The summed E-state index contributed by atoms with van der Waals surface area (Å²) in [4.78, 5) is 11.3. The van der Waals surface area contributed by atoms with Crippen molar-refractivity contribution in [1.29, 1.82) is 0 Å². The van der Waals surface area contributed by atoms with Crippen LogP contribution in [0.2, 0.25) is 0 Å². The van der Waals surface area contributed by atoms with Gasteiger partial charge in [-0.25, -0.2) is 9.18 Å². The van der Waals surface area contributed by atoms with Crippen LogP contribution in [0.3, 0.4) is 0 Å². The number of anilines is 2. The van der Waals surface area contributed by atoms with Gasteiger partial charge in [-0.2, -0.15) is 0 Å². The Morgan fingerprint density at radius 1 is 1.04 bits per heavy atom. The first-order valence-electron chi connectivity index (χ1n) is 6.63. The van der Waals surface area contributed by atoms with Gasteiger partial charge in [-0.05, 0) is 48.6 Å². The van der Waals surface area contributed by atoms with Crippen molar-refractivity contribution >= 4 is 34.7 Å². The second-order valence-electron chi connectivity index (χ2n) is 4.50. The molecule has 0 aliphatic rings. The largest absolute Gasteiger partial charge is 0.494 e. The van der Waals surface area contributed by atoms with Gasteiger partial charge in [0, 0.05) is 17.4 Å². The van der Waals surface area contributed by atoms with Crippen molar-refractivity contribution in [2.45, 2.75) is 0 Å². The molecular weight excluding hydrogens is 319 g/mol. The predicted octanol–water partition coefficient (Wildman–Crippen LogP) is 3.43. The minimum absolute atomic E-state index is 0.160. The SMILES string of the molecule is COC(=O)c1ccc(NC(=S)Nc2ccc(OC)c(F)c2)cc1. The molecule has 0 bridgehead atoms. The Balaban J connectivity index is 1.99. The van der Waals surface area contributed by atoms with E-state index >= 15 is 0 Å². The summed E-state index contributed by atoms with van der Waals surface area (Å²) < 4.78 is 23.1. The predicted molar refractivity (Wildman–Crippen MR) is 90.6 cm³/mol. The summed E-state index contributed by atoms with van der Waals surface area (Å²) in [5.41, 5.74) is 1.62. The summed E-state index contributed by atoms with van der Waals surface area (Å²) in [6.07, 6.45) is 0. The molecule has 0 unspecified atom stereocenters. The Labute approximate surface area is 138 Å². The fourth-order valence-corrected chi connectivity index (χ4v) is 2.08. The average molecular weight is 334 g/mol. The molecule has 2 N–H and O–H groups in total. The van der Waals surface area contributed by atoms with Crippen molar-refractivity contribution in [2.75, 3.05) is 24.9 Å². The lowest BCUT2D eigenvalue weighted by Gasteiger charge is -2.11. The maximum atomic E-state index is 13.6. The van der Waals surface area contributed by atoms with Gasteiger partial charge in [0.2, 0.25) is 0 Å². The van der Waals surface area contributed by atoms with Crippen LogP contribution in [0.1, 0.15) is 10.4 Å². The first kappa shape index (κ1) is 16.7. The molecule has 2 aromatic carbocycles. The highest BCUT2D eigenvalue weighted by molar-refractivity contribution is 7.80. The number of carbonyl (C=O) groups excluding carboxylic acids is 1. The van der Waals surface area contributed by atoms with Crippen LogP contribution in [-0.4, -0.2) is 25.3 Å². The van der Waals surface area contributed by atoms with Gasteiger partial charge < -0.3 is 20.1 Å². The first-order chi connectivity index (χ1) is 11.0. The van der Waals surface area contributed by atoms with E-state index in [1.807, 2.05) is 0 Å². The summed E-state index contributed by atoms with van der Waals surface area (Å²) in [5.74, 6) is -0.735. The number of methoxy groups -OCH3 is 2. The van der Waals surface area contributed by atoms with E-state index in [2.05, 4.69) is 15.4 Å². The maximum Gasteiger partial charge on any atom is 0.337 e. The van der Waals surface area contributed by atoms with Gasteiger partial charge in [-0.15, -0.1) is 0 Å². The van der Waals surface area contributed by atoms with Crippen LogP contribution in [0.25, 0.3) is 0 Å². The molecule has 0 spiro atoms. The van der Waals surface area contributed by atoms with E-state index in [1.165, 1.54) is 26.4 Å². The van der Waals surface area contributed by atoms with Crippen LogP contribution in [0.4, 0.5) is 15.8 Å². The number of thiocarbonyl (C=S) groups is 1. The number of carbonyl (C=O) groups is 1. The second-order valence-corrected chi connectivity index (χ2v) is 4.91. The summed E-state index contributed by atoms with van der Waals surface area (Å²) in [6, 6.07) is 11.0. The van der Waals surface area contributed by atoms with Crippen LogP contribution in [0.5, 0.6) is 5.75 Å². The third-order valence-electron chi connectivity index (χ3n) is 2.97. The molecule has 0 saturated heterocycles. The molecule has 7 heteroatoms. The van der Waals surface area contributed by atoms with Crippen molar-refractivity contribution in [3.63, 3.8) is 0 Å². The van der Waals surface area contributed by atoms with Gasteiger partial charge in [0.05, 0.1) is 19.8 Å². The topological polar surface area (TPSA) is 59.6 Å². The standard InChI is InChI=1S/C16H15FN2O3S/c1-21-14-8-7-12(9-13(14)17)19-16(23)18-11-5-3-10(4-6-11)15(20)22-2/h3-9H,1-2H3,(H2,18,19,23). The van der Waals surface area contributed by atoms with Gasteiger partial charge >= 0.3 is 5.97 Å². The third-order valence-corrected chi connectivity index (χ3v) is 3.18. The zero-order valence-corrected chi connectivity index (χ0v) is 13.4. The fraction of sp³-hybridized carbons (Fsp3) is 0.125. The van der Waals surface area contributed by atoms with E-state index in [0.717, 1.165) is 0 Å². The second kappa shape index (κ2) is 7.55. The van der Waals surface area contributed by atoms with Crippen molar-refractivity contribution in [3.8, 4) is 5.75 Å². The number of benzene rings is 2. The molecule has 0 radical (unpaired) electrons. The van der Waals surface area contributed by atoms with E-state index in [-0.39, 0.29) is 5.75 Å². The van der Waals surface area contributed by atoms with Gasteiger partial charge in [0.1, 0.15) is 0 Å². The van der Waals surface area contributed by atoms with Crippen LogP contribution in [0.15, 0.2) is 42.5 Å². The number of hydrogen-bond acceptors (Lipinski definition) is 4. The fourth-order valence-electron chi connectivity index (χ4n) is 1.85. The summed E-state index contributed by atoms with van der Waals surface area (Å²) in [5, 5.41) is 6.09. The van der Waals surface area contributed by atoms with Crippen molar-refractivity contribution in [2.24, 2.45) is 0 Å². The molecule has 0 aromatic heterocycles. The Morgan fingerprint density at radius 3 is 2.22 bits per heavy atom. The van der Waals surface area contributed by atoms with E-state index < -0.39 is 11.8 Å². The van der Waals surface area contributed by atoms with Crippen LogP contribution in [-0.2, 0) is 4.74 Å². The quantitative estimate of drug-likeness (QED) is 0.660. The smallest absolute Gasteiger partial charge is 0.337 e. The Hall–Kier alpha value is -2.67. The molecule has 23 heavy (non-hydrogen) atoms. The number of hydrogen-bond donors (Lipinski definition) is 2. The van der Waals surface area contributed by atoms with Gasteiger partial charge in [-0.1, -0.05) is 0 Å². The molecule has 0 aliphatic carbocycles. The Kier molecular flexibility index (Phi) is 5.48. The minimum Gasteiger partial charge on any atom is -0.494 e. The summed E-state index contributed by atoms with van der Waals surface area (Å²) in [6.45, 7) is 0. The third kappa shape index (κ3) is 4.40. The van der Waals surface area contributed by atoms with Gasteiger partial charge in [0.15, 0.2) is 16.7 Å². The van der Waals surface area contributed by atoms with Crippen LogP contribution >= 0.6 is 12.2 Å². The normalized spacial score (nSPS) is 9.87. The lowest BCUT2D eigenvalue weighted by Crippen LogP contribution is -2.19. The molecular formula is C16H15FN2O3S. The number of ether oxygens (including phenoxy) is 2. The highest BCUT2D eigenvalue weighted by Gasteiger charge is 2.07. The lowest BCUT2D eigenvalue weighted by molar-refractivity contribution is 0.0601. The maximum absolute atomic E-state index is 13.6. The molecule has 0 aliphatic heterocycles. The number of nitrogens with one attached hydrogen (secondary N) is 2. The highest BCUT2D eigenvalue weighted by Crippen LogP contribution is 2.21. The van der Waals surface area contributed by atoms with Crippen molar-refractivity contribution in [1.82, 2.24) is 0 Å². The lowest BCUT2D eigenvalue weighted by atomic mass is 10.2. The average Bonchev–Trinajstić information content (AvgIpc) is 2.55. The molecule has 0 amide bonds. The zero-order valence-electron chi connectivity index (χ0n) is 12.6. The summed E-state index contributed by atoms with van der Waals surface area (Å²) >= 11 is 5.16. The molecule has 5 nitrogen and oxygen atoms in total. The zero-order chi connectivity index (χ0) is 16.8.